The van der Waals surface area contributed by atoms with Crippen LogP contribution in [0, 0.1) is 0 Å². The molecular formula is C93H68N2. The Hall–Kier alpha value is -11.8. The lowest BCUT2D eigenvalue weighted by molar-refractivity contribution is 0.629. The van der Waals surface area contributed by atoms with E-state index in [-0.39, 0.29) is 0 Å². The second-order valence-corrected chi connectivity index (χ2v) is 25.6. The molecule has 3 aliphatic rings. The predicted octanol–water partition coefficient (Wildman–Crippen LogP) is 23.4. The van der Waals surface area contributed by atoms with Crippen molar-refractivity contribution in [1.82, 2.24) is 0 Å². The van der Waals surface area contributed by atoms with E-state index in [4.69, 9.17) is 0 Å². The molecule has 2 heteroatoms. The first kappa shape index (κ1) is 57.1. The molecule has 2 unspecified atom stereocenters. The molecule has 0 fully saturated rings. The van der Waals surface area contributed by atoms with Gasteiger partial charge >= 0.3 is 0 Å². The number of para-hydroxylation sites is 2. The number of benzene rings is 14. The first-order valence-corrected chi connectivity index (χ1v) is 33.1. The van der Waals surface area contributed by atoms with Gasteiger partial charge in [0.25, 0.3) is 0 Å². The molecule has 14 aromatic rings. The first-order valence-electron chi connectivity index (χ1n) is 33.1. The molecule has 0 heterocycles. The molecule has 3 aliphatic carbocycles. The maximum Gasteiger partial charge on any atom is 0.0715 e. The molecular weight excluding hydrogens is 1150 g/mol. The molecule has 450 valence electrons. The number of hydrogen-bond donors (Lipinski definition) is 0. The van der Waals surface area contributed by atoms with Crippen molar-refractivity contribution in [2.45, 2.75) is 29.1 Å². The van der Waals surface area contributed by atoms with Crippen molar-refractivity contribution in [3.05, 3.63) is 443 Å². The van der Waals surface area contributed by atoms with Gasteiger partial charge in [-0.3, -0.25) is 0 Å². The van der Waals surface area contributed by atoms with Crippen LogP contribution in [0.2, 0.25) is 0 Å². The van der Waals surface area contributed by atoms with Gasteiger partial charge in [0, 0.05) is 34.1 Å². The van der Waals surface area contributed by atoms with Crippen LogP contribution in [0.15, 0.2) is 365 Å². The Bertz CT molecular complexity index is 4870. The van der Waals surface area contributed by atoms with Crippen LogP contribution >= 0.6 is 0 Å². The summed E-state index contributed by atoms with van der Waals surface area (Å²) < 4.78 is 0. The molecule has 0 bridgehead atoms. The van der Waals surface area contributed by atoms with Gasteiger partial charge < -0.3 is 9.80 Å². The van der Waals surface area contributed by atoms with E-state index in [2.05, 4.69) is 375 Å². The summed E-state index contributed by atoms with van der Waals surface area (Å²) in [6.45, 7) is 8.18. The lowest BCUT2D eigenvalue weighted by Gasteiger charge is -2.36. The van der Waals surface area contributed by atoms with Crippen molar-refractivity contribution in [3.63, 3.8) is 0 Å². The van der Waals surface area contributed by atoms with Crippen molar-refractivity contribution in [3.8, 4) is 33.4 Å². The summed E-state index contributed by atoms with van der Waals surface area (Å²) in [6, 6.07) is 132. The van der Waals surface area contributed by atoms with Gasteiger partial charge in [-0.25, -0.2) is 0 Å². The number of anilines is 6. The highest BCUT2D eigenvalue weighted by molar-refractivity contribution is 5.94. The summed E-state index contributed by atoms with van der Waals surface area (Å²) in [5.41, 5.74) is 29.6. The molecule has 2 atom stereocenters. The van der Waals surface area contributed by atoms with Gasteiger partial charge in [-0.2, -0.15) is 0 Å². The van der Waals surface area contributed by atoms with Crippen LogP contribution in [0.3, 0.4) is 0 Å². The highest BCUT2D eigenvalue weighted by atomic mass is 15.1. The highest BCUT2D eigenvalue weighted by Gasteiger charge is 2.49. The van der Waals surface area contributed by atoms with E-state index in [1.807, 2.05) is 12.2 Å². The summed E-state index contributed by atoms with van der Waals surface area (Å²) >= 11 is 0. The average Bonchev–Trinajstić information content (AvgIpc) is 1.57. The molecule has 95 heavy (non-hydrogen) atoms. The number of nitrogens with zero attached hydrogens (tertiary/aromatic N) is 2. The third kappa shape index (κ3) is 9.15. The van der Waals surface area contributed by atoms with Gasteiger partial charge in [-0.1, -0.05) is 304 Å². The van der Waals surface area contributed by atoms with Crippen molar-refractivity contribution >= 4 is 46.3 Å². The van der Waals surface area contributed by atoms with E-state index < -0.39 is 16.2 Å². The molecule has 0 amide bonds. The van der Waals surface area contributed by atoms with Crippen LogP contribution in [-0.4, -0.2) is 0 Å². The lowest BCUT2D eigenvalue weighted by atomic mass is 9.67. The topological polar surface area (TPSA) is 6.48 Å². The Morgan fingerprint density at radius 3 is 0.842 bits per heavy atom. The van der Waals surface area contributed by atoms with Gasteiger partial charge in [0.15, 0.2) is 0 Å². The Morgan fingerprint density at radius 2 is 0.505 bits per heavy atom. The standard InChI is InChI=1S/C93H68N2/c1-3-65-43-47-67(48-44-65)63-91(69-27-11-5-12-28-69)85-41-25-23-39-79(85)81-55-51-75(59-87(81)91)94(73-35-19-9-20-36-73)77-53-57-83-84-58-54-78(62-90(84)93(89(83)61-77,71-31-15-7-16-32-71)72-33-17-8-18-34-72)95(74-37-21-10-22-38-74)76-52-56-82-80-40-24-26-42-86(80)92(88(82)60-76,70-29-13-6-14-30-70)64-68-49-45-66(4-2)46-50-68/h3-62H,1-2,63-64H2. The van der Waals surface area contributed by atoms with Crippen LogP contribution in [0.4, 0.5) is 34.1 Å². The van der Waals surface area contributed by atoms with Crippen LogP contribution in [0.1, 0.15) is 77.9 Å². The fraction of sp³-hybridized carbons (Fsp3) is 0.0538. The number of fused-ring (bicyclic) bond motifs is 9. The van der Waals surface area contributed by atoms with Crippen molar-refractivity contribution in [2.75, 3.05) is 9.80 Å². The van der Waals surface area contributed by atoms with E-state index in [0.717, 1.165) is 58.1 Å². The minimum atomic E-state index is -0.754. The first-order chi connectivity index (χ1) is 47.0. The zero-order valence-electron chi connectivity index (χ0n) is 52.9. The van der Waals surface area contributed by atoms with E-state index >= 15 is 0 Å². The van der Waals surface area contributed by atoms with Gasteiger partial charge in [-0.15, -0.1) is 0 Å². The van der Waals surface area contributed by atoms with Crippen molar-refractivity contribution in [1.29, 1.82) is 0 Å². The molecule has 0 spiro atoms. The summed E-state index contributed by atoms with van der Waals surface area (Å²) in [5.74, 6) is 0. The summed E-state index contributed by atoms with van der Waals surface area (Å²) in [6.07, 6.45) is 5.42. The molecule has 17 rings (SSSR count). The molecule has 0 aliphatic heterocycles. The molecule has 0 saturated heterocycles. The molecule has 14 aromatic carbocycles. The van der Waals surface area contributed by atoms with Crippen LogP contribution in [0.5, 0.6) is 0 Å². The van der Waals surface area contributed by atoms with Gasteiger partial charge in [0.05, 0.1) is 16.2 Å². The normalized spacial score (nSPS) is 15.7. The zero-order chi connectivity index (χ0) is 63.5. The maximum atomic E-state index is 4.09. The van der Waals surface area contributed by atoms with Crippen LogP contribution in [0.25, 0.3) is 45.5 Å². The Kier molecular flexibility index (Phi) is 14.0. The van der Waals surface area contributed by atoms with E-state index in [0.29, 0.717) is 0 Å². The molecule has 0 radical (unpaired) electrons. The fourth-order valence-electron chi connectivity index (χ4n) is 16.6. The SMILES string of the molecule is C=Cc1ccc(CC2(c3ccccc3)c3ccccc3-c3ccc(N(c4ccccc4)c4ccc5c(c4)C(c4ccccc4)(c4ccccc4)c4cc(N(c6ccccc6)c6ccc7c(c6)C(Cc6ccc(C=C)cc6)(c6ccccc6)c6ccccc6-7)ccc4-5)cc32)cc1. The van der Waals surface area contributed by atoms with Gasteiger partial charge in [0.1, 0.15) is 0 Å². The number of rotatable bonds is 16. The van der Waals surface area contributed by atoms with E-state index in [1.54, 1.807) is 0 Å². The minimum Gasteiger partial charge on any atom is -0.310 e. The zero-order valence-corrected chi connectivity index (χ0v) is 52.9. The smallest absolute Gasteiger partial charge is 0.0715 e. The second kappa shape index (κ2) is 23.4. The van der Waals surface area contributed by atoms with Crippen molar-refractivity contribution in [2.24, 2.45) is 0 Å². The van der Waals surface area contributed by atoms with Gasteiger partial charge in [0.2, 0.25) is 0 Å². The number of hydrogen-bond acceptors (Lipinski definition) is 2. The summed E-state index contributed by atoms with van der Waals surface area (Å²) in [5, 5.41) is 0. The second-order valence-electron chi connectivity index (χ2n) is 25.6. The van der Waals surface area contributed by atoms with E-state index in [9.17, 15) is 0 Å². The molecule has 2 nitrogen and oxygen atoms in total. The maximum absolute atomic E-state index is 4.09. The predicted molar refractivity (Wildman–Crippen MR) is 397 cm³/mol. The summed E-state index contributed by atoms with van der Waals surface area (Å²) in [4.78, 5) is 4.98. The quantitative estimate of drug-likeness (QED) is 0.0951. The largest absolute Gasteiger partial charge is 0.310 e. The van der Waals surface area contributed by atoms with Crippen molar-refractivity contribution < 1.29 is 0 Å². The highest BCUT2D eigenvalue weighted by Crippen LogP contribution is 2.61. The third-order valence-electron chi connectivity index (χ3n) is 20.8. The Labute approximate surface area is 558 Å². The lowest BCUT2D eigenvalue weighted by Crippen LogP contribution is -2.30. The Morgan fingerprint density at radius 1 is 0.232 bits per heavy atom. The van der Waals surface area contributed by atoms with Gasteiger partial charge in [-0.05, 0) is 197 Å². The monoisotopic (exact) mass is 1210 g/mol. The fourth-order valence-corrected chi connectivity index (χ4v) is 16.6. The molecule has 0 aromatic heterocycles. The third-order valence-corrected chi connectivity index (χ3v) is 20.8. The minimum absolute atomic E-state index is 0.490. The molecule has 0 saturated carbocycles. The average molecular weight is 1210 g/mol. The van der Waals surface area contributed by atoms with Crippen LogP contribution < -0.4 is 9.80 Å². The van der Waals surface area contributed by atoms with Crippen LogP contribution in [-0.2, 0) is 29.1 Å². The van der Waals surface area contributed by atoms with E-state index in [1.165, 1.54) is 100 Å². The Balaban J connectivity index is 0.862. The molecule has 0 N–H and O–H groups in total. The summed E-state index contributed by atoms with van der Waals surface area (Å²) in [7, 11) is 0.